The van der Waals surface area contributed by atoms with E-state index >= 15 is 0 Å². The van der Waals surface area contributed by atoms with Gasteiger partial charge in [-0.1, -0.05) is 111 Å². The molecule has 0 saturated heterocycles. The number of nitrogens with zero attached hydrogens (tertiary/aromatic N) is 2. The first-order valence-electron chi connectivity index (χ1n) is 29.6. The lowest BCUT2D eigenvalue weighted by Gasteiger charge is -2.51. The van der Waals surface area contributed by atoms with E-state index in [1.807, 2.05) is 0 Å². The van der Waals surface area contributed by atoms with Crippen LogP contribution in [0.5, 0.6) is 0 Å². The van der Waals surface area contributed by atoms with Crippen LogP contribution in [0.3, 0.4) is 0 Å². The average Bonchev–Trinajstić information content (AvgIpc) is 3.32. The molecule has 2 nitrogen and oxygen atoms in total. The van der Waals surface area contributed by atoms with Gasteiger partial charge in [0.05, 0.1) is 0 Å². The van der Waals surface area contributed by atoms with Crippen LogP contribution in [-0.2, 0) is 0 Å². The largest absolute Gasteiger partial charge is 0.294 e. The van der Waals surface area contributed by atoms with E-state index in [-0.39, 0.29) is 0 Å². The molecule has 0 aromatic carbocycles. The molecule has 7 rings (SSSR count). The third kappa shape index (κ3) is 14.2. The Morgan fingerprint density at radius 2 is 0.426 bits per heavy atom. The van der Waals surface area contributed by atoms with E-state index in [1.165, 1.54) is 212 Å². The maximum absolute atomic E-state index is 3.29. The third-order valence-electron chi connectivity index (χ3n) is 20.5. The van der Waals surface area contributed by atoms with Crippen LogP contribution in [0.2, 0.25) is 0 Å². The lowest BCUT2D eigenvalue weighted by atomic mass is 9.65. The highest BCUT2D eigenvalue weighted by atomic mass is 15.2. The highest BCUT2D eigenvalue weighted by molar-refractivity contribution is 4.96. The molecule has 0 aromatic rings. The minimum atomic E-state index is 0.911. The fraction of sp³-hybridized carbons (Fsp3) is 1.00. The molecule has 0 N–H and O–H groups in total. The zero-order valence-electron chi connectivity index (χ0n) is 42.0. The standard InChI is InChI=1S/C59H108N2/c1-5-9-13-17-49-24-40-57(41-25-49)61(56-38-22-48(23-39-56)16-12-8-4)59-44-32-53(33-45-59)51-28-26-50(27-29-51)52-30-42-58(43-31-52)60(54-34-18-46(19-35-54)14-10-6-2)55-36-20-47(21-37-55)15-11-7-3/h46-59H,5-45H2,1-4H3. The van der Waals surface area contributed by atoms with Crippen molar-refractivity contribution in [2.75, 3.05) is 0 Å². The summed E-state index contributed by atoms with van der Waals surface area (Å²) in [5.74, 6) is 8.39. The van der Waals surface area contributed by atoms with E-state index < -0.39 is 0 Å². The Balaban J connectivity index is 0.869. The van der Waals surface area contributed by atoms with Crippen LogP contribution in [-0.4, -0.2) is 46.1 Å². The van der Waals surface area contributed by atoms with Crippen molar-refractivity contribution >= 4 is 0 Å². The van der Waals surface area contributed by atoms with Gasteiger partial charge in [-0.15, -0.1) is 0 Å². The van der Waals surface area contributed by atoms with Crippen molar-refractivity contribution in [3.05, 3.63) is 0 Å². The van der Waals surface area contributed by atoms with Crippen LogP contribution in [0.25, 0.3) is 0 Å². The number of hydrogen-bond acceptors (Lipinski definition) is 2. The summed E-state index contributed by atoms with van der Waals surface area (Å²) in [6, 6.07) is 5.47. The van der Waals surface area contributed by atoms with Crippen molar-refractivity contribution < 1.29 is 0 Å². The van der Waals surface area contributed by atoms with Gasteiger partial charge in [-0.25, -0.2) is 0 Å². The first kappa shape index (κ1) is 48.8. The summed E-state index contributed by atoms with van der Waals surface area (Å²) >= 11 is 0. The van der Waals surface area contributed by atoms with Crippen molar-refractivity contribution in [2.24, 2.45) is 47.3 Å². The van der Waals surface area contributed by atoms with Crippen LogP contribution >= 0.6 is 0 Å². The van der Waals surface area contributed by atoms with Crippen molar-refractivity contribution in [2.45, 2.75) is 327 Å². The molecule has 7 aliphatic rings. The molecule has 2 heteroatoms. The van der Waals surface area contributed by atoms with E-state index in [0.717, 1.165) is 83.6 Å². The summed E-state index contributed by atoms with van der Waals surface area (Å²) in [5, 5.41) is 0. The van der Waals surface area contributed by atoms with Crippen LogP contribution in [0, 0.1) is 47.3 Å². The summed E-state index contributed by atoms with van der Waals surface area (Å²) < 4.78 is 0. The van der Waals surface area contributed by atoms with Gasteiger partial charge in [0, 0.05) is 36.3 Å². The Bertz CT molecular complexity index is 1080. The smallest absolute Gasteiger partial charge is 0.0101 e. The third-order valence-corrected chi connectivity index (χ3v) is 20.5. The maximum Gasteiger partial charge on any atom is 0.0101 e. The Morgan fingerprint density at radius 3 is 0.656 bits per heavy atom. The summed E-state index contributed by atoms with van der Waals surface area (Å²) in [6.07, 6.45) is 62.2. The predicted octanol–water partition coefficient (Wildman–Crippen LogP) is 17.9. The summed E-state index contributed by atoms with van der Waals surface area (Å²) in [4.78, 5) is 6.58. The zero-order chi connectivity index (χ0) is 42.2. The van der Waals surface area contributed by atoms with Gasteiger partial charge in [0.25, 0.3) is 0 Å². The molecule has 0 bridgehead atoms. The van der Waals surface area contributed by atoms with E-state index in [4.69, 9.17) is 0 Å². The van der Waals surface area contributed by atoms with E-state index in [0.29, 0.717) is 0 Å². The Labute approximate surface area is 382 Å². The molecule has 7 fully saturated rings. The molecule has 7 aliphatic carbocycles. The lowest BCUT2D eigenvalue weighted by Crippen LogP contribution is -2.53. The van der Waals surface area contributed by atoms with Crippen molar-refractivity contribution in [3.8, 4) is 0 Å². The van der Waals surface area contributed by atoms with Gasteiger partial charge in [-0.3, -0.25) is 9.80 Å². The predicted molar refractivity (Wildman–Crippen MR) is 266 cm³/mol. The second kappa shape index (κ2) is 26.3. The first-order chi connectivity index (χ1) is 30.1. The average molecular weight is 846 g/mol. The fourth-order valence-corrected chi connectivity index (χ4v) is 16.7. The zero-order valence-corrected chi connectivity index (χ0v) is 42.0. The number of unbranched alkanes of at least 4 members (excludes halogenated alkanes) is 5. The Hall–Kier alpha value is -0.0800. The Kier molecular flexibility index (Phi) is 21.1. The normalized spacial score (nSPS) is 39.4. The van der Waals surface area contributed by atoms with Gasteiger partial charge in [-0.05, 0) is 227 Å². The lowest BCUT2D eigenvalue weighted by molar-refractivity contribution is -0.00871. The minimum absolute atomic E-state index is 0.911. The Morgan fingerprint density at radius 1 is 0.230 bits per heavy atom. The summed E-state index contributed by atoms with van der Waals surface area (Å²) in [5.41, 5.74) is 0. The number of rotatable bonds is 21. The summed E-state index contributed by atoms with van der Waals surface area (Å²) in [6.45, 7) is 9.56. The molecular weight excluding hydrogens is 737 g/mol. The van der Waals surface area contributed by atoms with Gasteiger partial charge < -0.3 is 0 Å². The van der Waals surface area contributed by atoms with Gasteiger partial charge in [0.2, 0.25) is 0 Å². The summed E-state index contributed by atoms with van der Waals surface area (Å²) in [7, 11) is 0. The van der Waals surface area contributed by atoms with E-state index in [2.05, 4.69) is 37.5 Å². The molecule has 0 aliphatic heterocycles. The van der Waals surface area contributed by atoms with E-state index in [9.17, 15) is 0 Å². The molecule has 0 atom stereocenters. The minimum Gasteiger partial charge on any atom is -0.294 e. The molecule has 0 heterocycles. The monoisotopic (exact) mass is 845 g/mol. The van der Waals surface area contributed by atoms with Crippen LogP contribution in [0.1, 0.15) is 291 Å². The van der Waals surface area contributed by atoms with Crippen molar-refractivity contribution in [1.82, 2.24) is 9.80 Å². The van der Waals surface area contributed by atoms with Crippen LogP contribution in [0.15, 0.2) is 0 Å². The van der Waals surface area contributed by atoms with Gasteiger partial charge in [0.1, 0.15) is 0 Å². The molecule has 0 amide bonds. The molecule has 7 saturated carbocycles. The SMILES string of the molecule is CCCCCC1CCC(N(C2CCC(CCCC)CC2)C2CCC(C3CCC(C4CCC(N(C5CCC(CCCC)CC5)C5CCC(CCCC)CC5)CC4)CC3)CC2)CC1. The molecule has 0 unspecified atom stereocenters. The van der Waals surface area contributed by atoms with Gasteiger partial charge in [-0.2, -0.15) is 0 Å². The molecule has 0 spiro atoms. The topological polar surface area (TPSA) is 6.48 Å². The van der Waals surface area contributed by atoms with Crippen molar-refractivity contribution in [1.29, 1.82) is 0 Å². The second-order valence-corrected chi connectivity index (χ2v) is 24.3. The van der Waals surface area contributed by atoms with Crippen LogP contribution in [0.4, 0.5) is 0 Å². The van der Waals surface area contributed by atoms with Gasteiger partial charge >= 0.3 is 0 Å². The van der Waals surface area contributed by atoms with Gasteiger partial charge in [0.15, 0.2) is 0 Å². The molecule has 61 heavy (non-hydrogen) atoms. The molecule has 0 radical (unpaired) electrons. The quantitative estimate of drug-likeness (QED) is 0.106. The van der Waals surface area contributed by atoms with E-state index in [1.54, 1.807) is 51.4 Å². The number of hydrogen-bond donors (Lipinski definition) is 0. The molecule has 0 aromatic heterocycles. The second-order valence-electron chi connectivity index (χ2n) is 24.3. The fourth-order valence-electron chi connectivity index (χ4n) is 16.7. The maximum atomic E-state index is 3.29. The molecular formula is C59H108N2. The van der Waals surface area contributed by atoms with Crippen molar-refractivity contribution in [3.63, 3.8) is 0 Å². The first-order valence-corrected chi connectivity index (χ1v) is 29.6. The highest BCUT2D eigenvalue weighted by Crippen LogP contribution is 2.48. The molecule has 354 valence electrons. The highest BCUT2D eigenvalue weighted by Gasteiger charge is 2.42. The van der Waals surface area contributed by atoms with Crippen LogP contribution < -0.4 is 0 Å².